The minimum atomic E-state index is 0.561. The van der Waals surface area contributed by atoms with E-state index in [1.165, 1.54) is 0 Å². The number of benzene rings is 2. The molecule has 2 aromatic carbocycles. The number of aromatic amines is 1. The average molecular weight is 386 g/mol. The second kappa shape index (κ2) is 7.93. The number of rotatable bonds is 5. The summed E-state index contributed by atoms with van der Waals surface area (Å²) in [5, 5.41) is 1.04. The van der Waals surface area contributed by atoms with Crippen LogP contribution in [-0.4, -0.2) is 41.3 Å². The largest absolute Gasteiger partial charge is 0.489 e. The lowest BCUT2D eigenvalue weighted by Gasteiger charge is -2.27. The Hall–Kier alpha value is -3.38. The molecule has 0 bridgehead atoms. The number of fused-ring (bicyclic) bond motifs is 1. The van der Waals surface area contributed by atoms with Gasteiger partial charge < -0.3 is 19.4 Å². The van der Waals surface area contributed by atoms with Crippen LogP contribution >= 0.6 is 0 Å². The Kier molecular flexibility index (Phi) is 4.84. The summed E-state index contributed by atoms with van der Waals surface area (Å²) < 4.78 is 11.4. The van der Waals surface area contributed by atoms with Crippen LogP contribution in [0.15, 0.2) is 67.0 Å². The van der Waals surface area contributed by atoms with E-state index in [2.05, 4.69) is 50.2 Å². The molecule has 1 aliphatic rings. The van der Waals surface area contributed by atoms with Gasteiger partial charge in [-0.1, -0.05) is 30.3 Å². The van der Waals surface area contributed by atoms with Gasteiger partial charge in [0.25, 0.3) is 0 Å². The highest BCUT2D eigenvalue weighted by atomic mass is 16.5. The number of hydrogen-bond acceptors (Lipinski definition) is 5. The molecule has 0 unspecified atom stereocenters. The number of ether oxygens (including phenoxy) is 2. The predicted octanol–water partition coefficient (Wildman–Crippen LogP) is 4.04. The normalized spacial score (nSPS) is 14.3. The molecule has 4 aromatic rings. The highest BCUT2D eigenvalue weighted by Crippen LogP contribution is 2.30. The van der Waals surface area contributed by atoms with Crippen molar-refractivity contribution in [2.75, 3.05) is 31.2 Å². The Morgan fingerprint density at radius 3 is 2.55 bits per heavy atom. The molecule has 6 nitrogen and oxygen atoms in total. The lowest BCUT2D eigenvalue weighted by molar-refractivity contribution is 0.122. The van der Waals surface area contributed by atoms with Gasteiger partial charge in [-0.3, -0.25) is 0 Å². The molecule has 0 aliphatic carbocycles. The fraction of sp³-hybridized carbons (Fsp3) is 0.217. The number of nitrogens with one attached hydrogen (secondary N) is 1. The second-order valence-electron chi connectivity index (χ2n) is 7.04. The second-order valence-corrected chi connectivity index (χ2v) is 7.04. The first-order valence-electron chi connectivity index (χ1n) is 9.80. The highest BCUT2D eigenvalue weighted by molar-refractivity contribution is 5.92. The Balaban J connectivity index is 1.36. The van der Waals surface area contributed by atoms with Crippen LogP contribution in [0.5, 0.6) is 5.75 Å². The van der Waals surface area contributed by atoms with Gasteiger partial charge in [0.15, 0.2) is 0 Å². The molecule has 0 amide bonds. The van der Waals surface area contributed by atoms with Crippen molar-refractivity contribution in [3.05, 3.63) is 72.6 Å². The summed E-state index contributed by atoms with van der Waals surface area (Å²) in [6, 6.07) is 20.4. The van der Waals surface area contributed by atoms with Crippen molar-refractivity contribution >= 4 is 16.9 Å². The fourth-order valence-electron chi connectivity index (χ4n) is 3.58. The topological polar surface area (TPSA) is 63.3 Å². The molecule has 5 rings (SSSR count). The maximum Gasteiger partial charge on any atom is 0.143 e. The monoisotopic (exact) mass is 386 g/mol. The van der Waals surface area contributed by atoms with Gasteiger partial charge in [-0.25, -0.2) is 9.97 Å². The van der Waals surface area contributed by atoms with E-state index < -0.39 is 0 Å². The van der Waals surface area contributed by atoms with Crippen molar-refractivity contribution in [1.82, 2.24) is 15.0 Å². The van der Waals surface area contributed by atoms with Gasteiger partial charge in [0, 0.05) is 18.8 Å². The number of hydrogen-bond donors (Lipinski definition) is 1. The lowest BCUT2D eigenvalue weighted by Crippen LogP contribution is -2.36. The van der Waals surface area contributed by atoms with Gasteiger partial charge in [-0.2, -0.15) is 0 Å². The minimum Gasteiger partial charge on any atom is -0.489 e. The van der Waals surface area contributed by atoms with Gasteiger partial charge in [0.05, 0.1) is 18.6 Å². The maximum absolute atomic E-state index is 5.89. The first-order chi connectivity index (χ1) is 14.4. The summed E-state index contributed by atoms with van der Waals surface area (Å²) in [7, 11) is 0. The summed E-state index contributed by atoms with van der Waals surface area (Å²) in [4.78, 5) is 14.6. The number of morpholine rings is 1. The molecule has 0 spiro atoms. The van der Waals surface area contributed by atoms with Crippen LogP contribution in [0.4, 0.5) is 5.82 Å². The molecule has 146 valence electrons. The minimum absolute atomic E-state index is 0.561. The van der Waals surface area contributed by atoms with E-state index in [1.54, 1.807) is 6.33 Å². The molecule has 6 heteroatoms. The predicted molar refractivity (Wildman–Crippen MR) is 113 cm³/mol. The SMILES string of the molecule is c1ccc(COc2ccc(-c3cc4c(N5CCOCC5)ncnc4[nH]3)cc2)cc1. The Morgan fingerprint density at radius 2 is 1.76 bits per heavy atom. The molecular weight excluding hydrogens is 364 g/mol. The number of H-pyrrole nitrogens is 1. The summed E-state index contributed by atoms with van der Waals surface area (Å²) >= 11 is 0. The van der Waals surface area contributed by atoms with Gasteiger partial charge in [0.1, 0.15) is 30.1 Å². The first-order valence-corrected chi connectivity index (χ1v) is 9.80. The molecule has 0 atom stereocenters. The molecule has 0 radical (unpaired) electrons. The molecule has 1 fully saturated rings. The molecule has 1 N–H and O–H groups in total. The average Bonchev–Trinajstić information content (AvgIpc) is 3.24. The summed E-state index contributed by atoms with van der Waals surface area (Å²) in [6.07, 6.45) is 1.62. The zero-order chi connectivity index (χ0) is 19.5. The summed E-state index contributed by atoms with van der Waals surface area (Å²) in [5.74, 6) is 1.81. The van der Waals surface area contributed by atoms with E-state index in [0.29, 0.717) is 6.61 Å². The first kappa shape index (κ1) is 17.7. The van der Waals surface area contributed by atoms with Gasteiger partial charge in [0.2, 0.25) is 0 Å². The van der Waals surface area contributed by atoms with Gasteiger partial charge >= 0.3 is 0 Å². The third-order valence-corrected chi connectivity index (χ3v) is 5.13. The van der Waals surface area contributed by atoms with Crippen LogP contribution in [0.25, 0.3) is 22.3 Å². The van der Waals surface area contributed by atoms with Crippen LogP contribution in [0.3, 0.4) is 0 Å². The van der Waals surface area contributed by atoms with Crippen molar-refractivity contribution in [2.45, 2.75) is 6.61 Å². The Labute approximate surface area is 169 Å². The summed E-state index contributed by atoms with van der Waals surface area (Å²) in [6.45, 7) is 3.71. The standard InChI is InChI=1S/C23H22N4O2/c1-2-4-17(5-3-1)15-29-19-8-6-18(7-9-19)21-14-20-22(26-21)24-16-25-23(20)27-10-12-28-13-11-27/h1-9,14,16H,10-13,15H2,(H,24,25,26). The lowest BCUT2D eigenvalue weighted by atomic mass is 10.1. The van der Waals surface area contributed by atoms with Crippen molar-refractivity contribution in [2.24, 2.45) is 0 Å². The van der Waals surface area contributed by atoms with E-state index in [1.807, 2.05) is 30.3 Å². The molecule has 2 aromatic heterocycles. The highest BCUT2D eigenvalue weighted by Gasteiger charge is 2.17. The molecular formula is C23H22N4O2. The molecule has 1 saturated heterocycles. The third-order valence-electron chi connectivity index (χ3n) is 5.13. The third kappa shape index (κ3) is 3.79. The van der Waals surface area contributed by atoms with Crippen LogP contribution in [0.2, 0.25) is 0 Å². The van der Waals surface area contributed by atoms with Crippen LogP contribution in [0, 0.1) is 0 Å². The van der Waals surface area contributed by atoms with E-state index >= 15 is 0 Å². The van der Waals surface area contributed by atoms with E-state index in [9.17, 15) is 0 Å². The van der Waals surface area contributed by atoms with Crippen molar-refractivity contribution in [1.29, 1.82) is 0 Å². The zero-order valence-electron chi connectivity index (χ0n) is 16.0. The van der Waals surface area contributed by atoms with E-state index in [4.69, 9.17) is 9.47 Å². The fourth-order valence-corrected chi connectivity index (χ4v) is 3.58. The van der Waals surface area contributed by atoms with Crippen molar-refractivity contribution < 1.29 is 9.47 Å². The Bertz CT molecular complexity index is 1090. The molecule has 0 saturated carbocycles. The number of aromatic nitrogens is 3. The smallest absolute Gasteiger partial charge is 0.143 e. The van der Waals surface area contributed by atoms with E-state index in [-0.39, 0.29) is 0 Å². The quantitative estimate of drug-likeness (QED) is 0.561. The van der Waals surface area contributed by atoms with Gasteiger partial charge in [-0.15, -0.1) is 0 Å². The number of nitrogens with zero attached hydrogens (tertiary/aromatic N) is 3. The van der Waals surface area contributed by atoms with Crippen molar-refractivity contribution in [3.63, 3.8) is 0 Å². The van der Waals surface area contributed by atoms with Gasteiger partial charge in [-0.05, 0) is 41.5 Å². The molecule has 3 heterocycles. The van der Waals surface area contributed by atoms with E-state index in [0.717, 1.165) is 65.7 Å². The molecule has 1 aliphatic heterocycles. The number of anilines is 1. The van der Waals surface area contributed by atoms with Crippen LogP contribution in [-0.2, 0) is 11.3 Å². The zero-order valence-corrected chi connectivity index (χ0v) is 16.0. The summed E-state index contributed by atoms with van der Waals surface area (Å²) in [5.41, 5.74) is 4.11. The maximum atomic E-state index is 5.89. The van der Waals surface area contributed by atoms with Crippen LogP contribution in [0.1, 0.15) is 5.56 Å². The Morgan fingerprint density at radius 1 is 0.966 bits per heavy atom. The van der Waals surface area contributed by atoms with Crippen molar-refractivity contribution in [3.8, 4) is 17.0 Å². The molecule has 29 heavy (non-hydrogen) atoms. The van der Waals surface area contributed by atoms with Crippen LogP contribution < -0.4 is 9.64 Å².